The van der Waals surface area contributed by atoms with Gasteiger partial charge in [0, 0.05) is 16.1 Å². The van der Waals surface area contributed by atoms with Gasteiger partial charge in [-0.15, -0.1) is 0 Å². The summed E-state index contributed by atoms with van der Waals surface area (Å²) in [5.74, 6) is 0.879. The zero-order chi connectivity index (χ0) is 15.7. The van der Waals surface area contributed by atoms with Crippen molar-refractivity contribution in [1.82, 2.24) is 0 Å². The van der Waals surface area contributed by atoms with Crippen LogP contribution in [0.5, 0.6) is 5.75 Å². The third-order valence-electron chi connectivity index (χ3n) is 4.27. The minimum atomic E-state index is -3.51. The molecule has 1 aliphatic rings. The summed E-state index contributed by atoms with van der Waals surface area (Å²) in [7, 11) is 1.98. The lowest BCUT2D eigenvalue weighted by Crippen LogP contribution is -2.32. The van der Waals surface area contributed by atoms with E-state index in [0.717, 1.165) is 42.6 Å². The van der Waals surface area contributed by atoms with Crippen LogP contribution in [0, 0.1) is 26.2 Å². The molecule has 21 heavy (non-hydrogen) atoms. The van der Waals surface area contributed by atoms with Gasteiger partial charge in [0.15, 0.2) is 0 Å². The molecule has 0 radical (unpaired) electrons. The molecule has 1 aromatic carbocycles. The van der Waals surface area contributed by atoms with E-state index in [2.05, 4.69) is 19.1 Å². The van der Waals surface area contributed by atoms with E-state index in [4.69, 9.17) is 15.4 Å². The second-order valence-electron chi connectivity index (χ2n) is 6.41. The predicted molar refractivity (Wildman–Crippen MR) is 86.7 cm³/mol. The molecular weight excluding hydrogens is 308 g/mol. The van der Waals surface area contributed by atoms with Gasteiger partial charge in [-0.1, -0.05) is 30.5 Å². The summed E-state index contributed by atoms with van der Waals surface area (Å²) in [5, 5.41) is 0. The van der Waals surface area contributed by atoms with Gasteiger partial charge in [0.05, 0.1) is 12.4 Å². The molecule has 1 saturated carbocycles. The van der Waals surface area contributed by atoms with Crippen molar-refractivity contribution in [2.75, 3.05) is 12.4 Å². The second-order valence-corrected chi connectivity index (χ2v) is 9.18. The van der Waals surface area contributed by atoms with E-state index in [0.29, 0.717) is 6.61 Å². The summed E-state index contributed by atoms with van der Waals surface area (Å²) >= 11 is 0. The van der Waals surface area contributed by atoms with Crippen molar-refractivity contribution in [1.29, 1.82) is 0 Å². The minimum Gasteiger partial charge on any atom is -0.492 e. The molecule has 0 aromatic heterocycles. The van der Waals surface area contributed by atoms with Gasteiger partial charge >= 0.3 is 0 Å². The van der Waals surface area contributed by atoms with Crippen LogP contribution in [-0.4, -0.2) is 20.8 Å². The van der Waals surface area contributed by atoms with Crippen molar-refractivity contribution in [3.63, 3.8) is 0 Å². The fourth-order valence-corrected chi connectivity index (χ4v) is 5.24. The number of ether oxygens (including phenoxy) is 1. The van der Waals surface area contributed by atoms with Crippen LogP contribution in [-0.2, 0) is 9.05 Å². The Morgan fingerprint density at radius 3 is 2.14 bits per heavy atom. The lowest BCUT2D eigenvalue weighted by atomic mass is 9.90. The summed E-state index contributed by atoms with van der Waals surface area (Å²) in [6.45, 7) is 6.52. The molecule has 0 heterocycles. The van der Waals surface area contributed by atoms with E-state index in [-0.39, 0.29) is 11.2 Å². The molecule has 118 valence electrons. The van der Waals surface area contributed by atoms with Crippen LogP contribution in [0.3, 0.4) is 0 Å². The third-order valence-corrected chi connectivity index (χ3v) is 5.55. The molecule has 0 N–H and O–H groups in total. The maximum Gasteiger partial charge on any atom is 0.233 e. The Labute approximate surface area is 132 Å². The van der Waals surface area contributed by atoms with Gasteiger partial charge in [-0.3, -0.25) is 0 Å². The zero-order valence-electron chi connectivity index (χ0n) is 12.9. The second kappa shape index (κ2) is 6.17. The van der Waals surface area contributed by atoms with E-state index in [1.807, 2.05) is 13.8 Å². The van der Waals surface area contributed by atoms with Crippen LogP contribution in [0.4, 0.5) is 0 Å². The van der Waals surface area contributed by atoms with Gasteiger partial charge in [-0.05, 0) is 44.7 Å². The molecular formula is C16H23ClO3S. The topological polar surface area (TPSA) is 43.4 Å². The largest absolute Gasteiger partial charge is 0.492 e. The molecule has 1 aliphatic carbocycles. The maximum atomic E-state index is 11.5. The average molecular weight is 331 g/mol. The first-order chi connectivity index (χ1) is 9.71. The fraction of sp³-hybridized carbons (Fsp3) is 0.625. The molecule has 0 aliphatic heterocycles. The first kappa shape index (κ1) is 16.6. The lowest BCUT2D eigenvalue weighted by Gasteiger charge is -2.28. The van der Waals surface area contributed by atoms with Crippen molar-refractivity contribution < 1.29 is 13.2 Å². The van der Waals surface area contributed by atoms with Gasteiger partial charge < -0.3 is 4.74 Å². The van der Waals surface area contributed by atoms with Crippen LogP contribution >= 0.6 is 10.7 Å². The smallest absolute Gasteiger partial charge is 0.233 e. The maximum absolute atomic E-state index is 11.5. The quantitative estimate of drug-likeness (QED) is 0.763. The van der Waals surface area contributed by atoms with Crippen LogP contribution in [0.1, 0.15) is 42.4 Å². The summed E-state index contributed by atoms with van der Waals surface area (Å²) in [5.41, 5.74) is 3.06. The molecule has 0 bridgehead atoms. The summed E-state index contributed by atoms with van der Waals surface area (Å²) < 4.78 is 29.0. The van der Waals surface area contributed by atoms with Gasteiger partial charge in [0.25, 0.3) is 0 Å². The highest BCUT2D eigenvalue weighted by molar-refractivity contribution is 8.13. The van der Waals surface area contributed by atoms with Crippen molar-refractivity contribution in [2.24, 2.45) is 5.41 Å². The standard InChI is InChI=1S/C16H23ClO3S/c1-12-8-13(2)15(14(3)9-12)20-10-16(6-4-5-7-16)11-21(17,18)19/h8-9H,4-7,10-11H2,1-3H3. The Morgan fingerprint density at radius 2 is 1.67 bits per heavy atom. The van der Waals surface area contributed by atoms with Crippen molar-refractivity contribution in [3.05, 3.63) is 28.8 Å². The molecule has 0 atom stereocenters. The Hall–Kier alpha value is -0.740. The number of hydrogen-bond acceptors (Lipinski definition) is 3. The average Bonchev–Trinajstić information content (AvgIpc) is 2.73. The molecule has 0 amide bonds. The highest BCUT2D eigenvalue weighted by Crippen LogP contribution is 2.41. The molecule has 3 nitrogen and oxygen atoms in total. The highest BCUT2D eigenvalue weighted by atomic mass is 35.7. The molecule has 5 heteroatoms. The first-order valence-corrected chi connectivity index (χ1v) is 9.82. The number of hydrogen-bond donors (Lipinski definition) is 0. The van der Waals surface area contributed by atoms with Crippen molar-refractivity contribution in [3.8, 4) is 5.75 Å². The lowest BCUT2D eigenvalue weighted by molar-refractivity contribution is 0.169. The Bertz CT molecular complexity index is 593. The summed E-state index contributed by atoms with van der Waals surface area (Å²) in [6, 6.07) is 4.17. The Balaban J connectivity index is 2.17. The number of halogens is 1. The van der Waals surface area contributed by atoms with E-state index < -0.39 is 9.05 Å². The molecule has 0 unspecified atom stereocenters. The number of benzene rings is 1. The van der Waals surface area contributed by atoms with Gasteiger partial charge in [-0.25, -0.2) is 8.42 Å². The molecule has 0 spiro atoms. The van der Waals surface area contributed by atoms with Gasteiger partial charge in [-0.2, -0.15) is 0 Å². The van der Waals surface area contributed by atoms with Gasteiger partial charge in [0.1, 0.15) is 5.75 Å². The molecule has 1 fully saturated rings. The van der Waals surface area contributed by atoms with E-state index in [9.17, 15) is 8.42 Å². The van der Waals surface area contributed by atoms with E-state index in [1.165, 1.54) is 5.56 Å². The third kappa shape index (κ3) is 4.36. The van der Waals surface area contributed by atoms with Crippen molar-refractivity contribution in [2.45, 2.75) is 46.5 Å². The molecule has 2 rings (SSSR count). The minimum absolute atomic E-state index is 0.00547. The van der Waals surface area contributed by atoms with E-state index >= 15 is 0 Å². The molecule has 1 aromatic rings. The van der Waals surface area contributed by atoms with Crippen LogP contribution in [0.15, 0.2) is 12.1 Å². The first-order valence-electron chi connectivity index (χ1n) is 7.34. The Kier molecular flexibility index (Phi) is 4.89. The summed E-state index contributed by atoms with van der Waals surface area (Å²) in [4.78, 5) is 0. The summed E-state index contributed by atoms with van der Waals surface area (Å²) in [6.07, 6.45) is 3.81. The Morgan fingerprint density at radius 1 is 1.14 bits per heavy atom. The number of aryl methyl sites for hydroxylation is 3. The van der Waals surface area contributed by atoms with E-state index in [1.54, 1.807) is 0 Å². The molecule has 0 saturated heterocycles. The number of rotatable bonds is 5. The van der Waals surface area contributed by atoms with Crippen LogP contribution in [0.25, 0.3) is 0 Å². The van der Waals surface area contributed by atoms with Crippen LogP contribution < -0.4 is 4.74 Å². The SMILES string of the molecule is Cc1cc(C)c(OCC2(CS(=O)(=O)Cl)CCCC2)c(C)c1. The fourth-order valence-electron chi connectivity index (χ4n) is 3.44. The highest BCUT2D eigenvalue weighted by Gasteiger charge is 2.38. The normalized spacial score (nSPS) is 17.9. The zero-order valence-corrected chi connectivity index (χ0v) is 14.5. The van der Waals surface area contributed by atoms with Crippen molar-refractivity contribution >= 4 is 19.7 Å². The van der Waals surface area contributed by atoms with Gasteiger partial charge in [0.2, 0.25) is 9.05 Å². The predicted octanol–water partition coefficient (Wildman–Crippen LogP) is 4.12. The van der Waals surface area contributed by atoms with Crippen LogP contribution in [0.2, 0.25) is 0 Å². The monoisotopic (exact) mass is 330 g/mol.